The van der Waals surface area contributed by atoms with E-state index in [-0.39, 0.29) is 5.60 Å². The van der Waals surface area contributed by atoms with Crippen molar-refractivity contribution in [2.24, 2.45) is 5.73 Å². The molecule has 0 radical (unpaired) electrons. The predicted molar refractivity (Wildman–Crippen MR) is 82.9 cm³/mol. The second-order valence-electron chi connectivity index (χ2n) is 6.79. The zero-order valence-corrected chi connectivity index (χ0v) is 12.6. The Labute approximate surface area is 122 Å². The smallest absolute Gasteiger partial charge is 0.0758 e. The Bertz CT molecular complexity index is 451. The van der Waals surface area contributed by atoms with Crippen molar-refractivity contribution in [3.8, 4) is 0 Å². The quantitative estimate of drug-likeness (QED) is 0.897. The Hall–Kier alpha value is -1.06. The number of hydrogen-bond acceptors (Lipinski definition) is 3. The lowest BCUT2D eigenvalue weighted by Gasteiger charge is -2.29. The molecule has 1 aromatic rings. The monoisotopic (exact) mass is 274 g/mol. The normalized spacial score (nSPS) is 24.9. The van der Waals surface area contributed by atoms with Crippen LogP contribution in [0.25, 0.3) is 0 Å². The van der Waals surface area contributed by atoms with E-state index in [1.165, 1.54) is 36.9 Å². The molecule has 0 amide bonds. The van der Waals surface area contributed by atoms with Gasteiger partial charge in [-0.1, -0.05) is 12.1 Å². The van der Waals surface area contributed by atoms with E-state index >= 15 is 0 Å². The molecule has 1 aliphatic heterocycles. The van der Waals surface area contributed by atoms with Crippen LogP contribution < -0.4 is 10.6 Å². The molecule has 0 spiro atoms. The Morgan fingerprint density at radius 1 is 1.20 bits per heavy atom. The number of benzene rings is 1. The third-order valence-electron chi connectivity index (χ3n) is 4.45. The van der Waals surface area contributed by atoms with Gasteiger partial charge in [0.15, 0.2) is 0 Å². The van der Waals surface area contributed by atoms with Gasteiger partial charge in [0.05, 0.1) is 11.7 Å². The summed E-state index contributed by atoms with van der Waals surface area (Å²) in [5.41, 5.74) is 8.25. The molecule has 1 saturated carbocycles. The molecule has 2 N–H and O–H groups in total. The van der Waals surface area contributed by atoms with E-state index < -0.39 is 0 Å². The van der Waals surface area contributed by atoms with Crippen LogP contribution in [-0.4, -0.2) is 24.3 Å². The van der Waals surface area contributed by atoms with Crippen LogP contribution in [0.5, 0.6) is 0 Å². The number of hydrogen-bond donors (Lipinski definition) is 1. The number of nitrogens with zero attached hydrogens (tertiary/aromatic N) is 1. The summed E-state index contributed by atoms with van der Waals surface area (Å²) in [5.74, 6) is 0. The molecule has 0 bridgehead atoms. The molecule has 3 rings (SSSR count). The highest BCUT2D eigenvalue weighted by atomic mass is 16.5. The molecule has 0 aromatic heterocycles. The molecular formula is C17H26N2O. The van der Waals surface area contributed by atoms with E-state index in [2.05, 4.69) is 43.0 Å². The summed E-state index contributed by atoms with van der Waals surface area (Å²) in [7, 11) is 0. The summed E-state index contributed by atoms with van der Waals surface area (Å²) in [6.07, 6.45) is 5.35. The lowest BCUT2D eigenvalue weighted by molar-refractivity contribution is -0.0116. The molecule has 110 valence electrons. The van der Waals surface area contributed by atoms with E-state index in [1.54, 1.807) is 0 Å². The lowest BCUT2D eigenvalue weighted by Crippen LogP contribution is -2.35. The van der Waals surface area contributed by atoms with E-state index in [0.717, 1.165) is 6.54 Å². The standard InChI is InChI=1S/C17H26N2O/c1-17(2)10-9-16(20-17)12-19(15-7-8-15)14-5-3-13(11-18)4-6-14/h3-6,15-16H,7-12,18H2,1-2H3. The van der Waals surface area contributed by atoms with Gasteiger partial charge in [0, 0.05) is 24.8 Å². The highest BCUT2D eigenvalue weighted by molar-refractivity contribution is 5.50. The van der Waals surface area contributed by atoms with Crippen LogP contribution in [0, 0.1) is 0 Å². The molecule has 20 heavy (non-hydrogen) atoms. The molecular weight excluding hydrogens is 248 g/mol. The Balaban J connectivity index is 1.69. The van der Waals surface area contributed by atoms with Gasteiger partial charge < -0.3 is 15.4 Å². The molecule has 1 unspecified atom stereocenters. The maximum Gasteiger partial charge on any atom is 0.0758 e. The number of nitrogens with two attached hydrogens (primary N) is 1. The molecule has 3 heteroatoms. The zero-order valence-electron chi connectivity index (χ0n) is 12.6. The van der Waals surface area contributed by atoms with E-state index in [1.807, 2.05) is 0 Å². The van der Waals surface area contributed by atoms with Crippen molar-refractivity contribution >= 4 is 5.69 Å². The van der Waals surface area contributed by atoms with Crippen molar-refractivity contribution in [3.63, 3.8) is 0 Å². The fourth-order valence-corrected chi connectivity index (χ4v) is 3.10. The van der Waals surface area contributed by atoms with Gasteiger partial charge in [-0.2, -0.15) is 0 Å². The predicted octanol–water partition coefficient (Wildman–Crippen LogP) is 3.07. The molecule has 1 aliphatic carbocycles. The first-order valence-corrected chi connectivity index (χ1v) is 7.81. The van der Waals surface area contributed by atoms with Crippen LogP contribution in [0.2, 0.25) is 0 Å². The summed E-state index contributed by atoms with van der Waals surface area (Å²) in [6.45, 7) is 6.04. The van der Waals surface area contributed by atoms with E-state index in [0.29, 0.717) is 18.7 Å². The Morgan fingerprint density at radius 3 is 2.40 bits per heavy atom. The fraction of sp³-hybridized carbons (Fsp3) is 0.647. The van der Waals surface area contributed by atoms with Crippen molar-refractivity contribution in [3.05, 3.63) is 29.8 Å². The average Bonchev–Trinajstić information content (AvgIpc) is 3.21. The molecule has 1 aromatic carbocycles. The van der Waals surface area contributed by atoms with Crippen LogP contribution in [0.15, 0.2) is 24.3 Å². The fourth-order valence-electron chi connectivity index (χ4n) is 3.10. The Kier molecular flexibility index (Phi) is 3.74. The zero-order chi connectivity index (χ0) is 14.2. The van der Waals surface area contributed by atoms with Gasteiger partial charge in [-0.15, -0.1) is 0 Å². The van der Waals surface area contributed by atoms with Crippen LogP contribution in [0.1, 0.15) is 45.1 Å². The first kappa shape index (κ1) is 13.9. The number of ether oxygens (including phenoxy) is 1. The van der Waals surface area contributed by atoms with Gasteiger partial charge in [-0.25, -0.2) is 0 Å². The summed E-state index contributed by atoms with van der Waals surface area (Å²) in [6, 6.07) is 9.42. The second-order valence-corrected chi connectivity index (χ2v) is 6.79. The van der Waals surface area contributed by atoms with Crippen molar-refractivity contribution in [2.75, 3.05) is 11.4 Å². The summed E-state index contributed by atoms with van der Waals surface area (Å²) < 4.78 is 6.16. The molecule has 1 atom stereocenters. The minimum absolute atomic E-state index is 0.0588. The van der Waals surface area contributed by atoms with Crippen LogP contribution >= 0.6 is 0 Å². The third kappa shape index (κ3) is 3.15. The van der Waals surface area contributed by atoms with E-state index in [4.69, 9.17) is 10.5 Å². The van der Waals surface area contributed by atoms with Crippen LogP contribution in [0.4, 0.5) is 5.69 Å². The largest absolute Gasteiger partial charge is 0.371 e. The summed E-state index contributed by atoms with van der Waals surface area (Å²) in [5, 5.41) is 0. The minimum Gasteiger partial charge on any atom is -0.371 e. The van der Waals surface area contributed by atoms with Gasteiger partial charge in [0.25, 0.3) is 0 Å². The Morgan fingerprint density at radius 2 is 1.90 bits per heavy atom. The first-order valence-electron chi connectivity index (χ1n) is 7.81. The maximum absolute atomic E-state index is 6.16. The highest BCUT2D eigenvalue weighted by Gasteiger charge is 2.36. The molecule has 1 heterocycles. The molecule has 3 nitrogen and oxygen atoms in total. The lowest BCUT2D eigenvalue weighted by atomic mass is 10.1. The van der Waals surface area contributed by atoms with Crippen molar-refractivity contribution in [2.45, 2.75) is 63.8 Å². The minimum atomic E-state index is 0.0588. The van der Waals surface area contributed by atoms with Gasteiger partial charge in [-0.05, 0) is 57.2 Å². The van der Waals surface area contributed by atoms with Gasteiger partial charge in [0.1, 0.15) is 0 Å². The van der Waals surface area contributed by atoms with Crippen molar-refractivity contribution in [1.29, 1.82) is 0 Å². The van der Waals surface area contributed by atoms with Gasteiger partial charge in [0.2, 0.25) is 0 Å². The third-order valence-corrected chi connectivity index (χ3v) is 4.45. The highest BCUT2D eigenvalue weighted by Crippen LogP contribution is 2.35. The molecule has 1 saturated heterocycles. The van der Waals surface area contributed by atoms with Crippen molar-refractivity contribution in [1.82, 2.24) is 0 Å². The van der Waals surface area contributed by atoms with Crippen LogP contribution in [-0.2, 0) is 11.3 Å². The maximum atomic E-state index is 6.16. The summed E-state index contributed by atoms with van der Waals surface area (Å²) in [4.78, 5) is 2.53. The topological polar surface area (TPSA) is 38.5 Å². The molecule has 2 fully saturated rings. The van der Waals surface area contributed by atoms with E-state index in [9.17, 15) is 0 Å². The van der Waals surface area contributed by atoms with Crippen LogP contribution in [0.3, 0.4) is 0 Å². The first-order chi connectivity index (χ1) is 9.57. The summed E-state index contributed by atoms with van der Waals surface area (Å²) >= 11 is 0. The number of anilines is 1. The van der Waals surface area contributed by atoms with Gasteiger partial charge >= 0.3 is 0 Å². The number of rotatable bonds is 5. The second kappa shape index (κ2) is 5.38. The SMILES string of the molecule is CC1(C)CCC(CN(c2ccc(CN)cc2)C2CC2)O1. The average molecular weight is 274 g/mol. The van der Waals surface area contributed by atoms with Gasteiger partial charge in [-0.3, -0.25) is 0 Å². The van der Waals surface area contributed by atoms with Crippen molar-refractivity contribution < 1.29 is 4.74 Å². The molecule has 2 aliphatic rings.